The number of anilines is 1. The monoisotopic (exact) mass is 355 g/mol. The van der Waals surface area contributed by atoms with Gasteiger partial charge in [0, 0.05) is 35.8 Å². The van der Waals surface area contributed by atoms with Crippen LogP contribution in [0.3, 0.4) is 0 Å². The largest absolute Gasteiger partial charge is 0.362 e. The van der Waals surface area contributed by atoms with Crippen LogP contribution < -0.4 is 15.5 Å². The maximum absolute atomic E-state index is 11.7. The number of amides is 1. The summed E-state index contributed by atoms with van der Waals surface area (Å²) in [5.41, 5.74) is 2.34. The summed E-state index contributed by atoms with van der Waals surface area (Å²) in [5, 5.41) is 6.18. The van der Waals surface area contributed by atoms with Gasteiger partial charge in [-0.1, -0.05) is 22.0 Å². The van der Waals surface area contributed by atoms with Gasteiger partial charge in [-0.2, -0.15) is 0 Å². The topological polar surface area (TPSA) is 44.4 Å². The molecule has 0 saturated heterocycles. The fraction of sp³-hybridized carbons (Fsp3) is 0.562. The Kier molecular flexibility index (Phi) is 6.68. The summed E-state index contributed by atoms with van der Waals surface area (Å²) in [4.78, 5) is 13.8. The van der Waals surface area contributed by atoms with Gasteiger partial charge in [0.25, 0.3) is 0 Å². The fourth-order valence-electron chi connectivity index (χ4n) is 1.96. The van der Waals surface area contributed by atoms with Crippen molar-refractivity contribution in [3.63, 3.8) is 0 Å². The zero-order chi connectivity index (χ0) is 16.0. The normalized spacial score (nSPS) is 11.3. The highest BCUT2D eigenvalue weighted by Crippen LogP contribution is 2.25. The van der Waals surface area contributed by atoms with Crippen molar-refractivity contribution < 1.29 is 4.79 Å². The predicted molar refractivity (Wildman–Crippen MR) is 92.7 cm³/mol. The maximum atomic E-state index is 11.7. The highest BCUT2D eigenvalue weighted by Gasteiger charge is 2.15. The minimum Gasteiger partial charge on any atom is -0.362 e. The summed E-state index contributed by atoms with van der Waals surface area (Å²) in [6.45, 7) is 10.4. The Morgan fingerprint density at radius 2 is 2.00 bits per heavy atom. The SMILES string of the molecule is CCN(CC(=O)NC)c1cc(Br)ccc1CNC(C)(C)C. The average Bonchev–Trinajstić information content (AvgIpc) is 2.42. The van der Waals surface area contributed by atoms with Crippen molar-refractivity contribution in [3.05, 3.63) is 28.2 Å². The van der Waals surface area contributed by atoms with Gasteiger partial charge in [-0.25, -0.2) is 0 Å². The molecule has 0 aliphatic carbocycles. The van der Waals surface area contributed by atoms with Gasteiger partial charge in [0.1, 0.15) is 0 Å². The van der Waals surface area contributed by atoms with E-state index in [-0.39, 0.29) is 11.4 Å². The molecule has 0 aliphatic heterocycles. The number of hydrogen-bond donors (Lipinski definition) is 2. The first-order chi connectivity index (χ1) is 9.76. The summed E-state index contributed by atoms with van der Waals surface area (Å²) in [5.74, 6) is 0.0200. The van der Waals surface area contributed by atoms with E-state index in [0.29, 0.717) is 6.54 Å². The first kappa shape index (κ1) is 18.0. The summed E-state index contributed by atoms with van der Waals surface area (Å²) in [6, 6.07) is 6.22. The molecular weight excluding hydrogens is 330 g/mol. The van der Waals surface area contributed by atoms with E-state index in [9.17, 15) is 4.79 Å². The molecule has 21 heavy (non-hydrogen) atoms. The summed E-state index contributed by atoms with van der Waals surface area (Å²) < 4.78 is 1.02. The van der Waals surface area contributed by atoms with Crippen molar-refractivity contribution in [3.8, 4) is 0 Å². The third-order valence-corrected chi connectivity index (χ3v) is 3.69. The molecule has 0 unspecified atom stereocenters. The lowest BCUT2D eigenvalue weighted by atomic mass is 10.1. The van der Waals surface area contributed by atoms with E-state index in [2.05, 4.69) is 71.3 Å². The van der Waals surface area contributed by atoms with E-state index in [1.165, 1.54) is 5.56 Å². The standard InChI is InChI=1S/C16H26BrN3O/c1-6-20(11-15(21)18-5)14-9-13(17)8-7-12(14)10-19-16(2,3)4/h7-9,19H,6,10-11H2,1-5H3,(H,18,21). The first-order valence-electron chi connectivity index (χ1n) is 7.25. The quantitative estimate of drug-likeness (QED) is 0.824. The van der Waals surface area contributed by atoms with Crippen LogP contribution in [0.1, 0.15) is 33.3 Å². The van der Waals surface area contributed by atoms with Crippen molar-refractivity contribution in [2.24, 2.45) is 0 Å². The number of nitrogens with one attached hydrogen (secondary N) is 2. The van der Waals surface area contributed by atoms with E-state index in [4.69, 9.17) is 0 Å². The van der Waals surface area contributed by atoms with Crippen LogP contribution >= 0.6 is 15.9 Å². The first-order valence-corrected chi connectivity index (χ1v) is 8.05. The zero-order valence-corrected chi connectivity index (χ0v) is 15.2. The van der Waals surface area contributed by atoms with E-state index in [0.717, 1.165) is 23.2 Å². The second-order valence-electron chi connectivity index (χ2n) is 6.06. The Balaban J connectivity index is 3.01. The zero-order valence-electron chi connectivity index (χ0n) is 13.6. The van der Waals surface area contributed by atoms with E-state index in [1.807, 2.05) is 6.07 Å². The lowest BCUT2D eigenvalue weighted by molar-refractivity contribution is -0.119. The lowest BCUT2D eigenvalue weighted by Crippen LogP contribution is -2.38. The van der Waals surface area contributed by atoms with Crippen LogP contribution in [0.15, 0.2) is 22.7 Å². The van der Waals surface area contributed by atoms with Gasteiger partial charge < -0.3 is 15.5 Å². The highest BCUT2D eigenvalue weighted by molar-refractivity contribution is 9.10. The summed E-state index contributed by atoms with van der Waals surface area (Å²) >= 11 is 3.52. The Morgan fingerprint density at radius 3 is 2.52 bits per heavy atom. The third-order valence-electron chi connectivity index (χ3n) is 3.19. The molecule has 1 amide bonds. The third kappa shape index (κ3) is 6.06. The summed E-state index contributed by atoms with van der Waals surface area (Å²) in [6.07, 6.45) is 0. The van der Waals surface area contributed by atoms with Gasteiger partial charge in [-0.15, -0.1) is 0 Å². The van der Waals surface area contributed by atoms with Crippen LogP contribution in [0, 0.1) is 0 Å². The maximum Gasteiger partial charge on any atom is 0.239 e. The molecular formula is C16H26BrN3O. The van der Waals surface area contributed by atoms with Gasteiger partial charge >= 0.3 is 0 Å². The molecule has 0 aliphatic rings. The molecule has 0 heterocycles. The minimum atomic E-state index is 0.0200. The molecule has 0 atom stereocenters. The molecule has 5 heteroatoms. The van der Waals surface area contributed by atoms with Crippen LogP contribution in [0.4, 0.5) is 5.69 Å². The van der Waals surface area contributed by atoms with Gasteiger partial charge in [0.15, 0.2) is 0 Å². The van der Waals surface area contributed by atoms with Gasteiger partial charge in [-0.3, -0.25) is 4.79 Å². The molecule has 0 bridgehead atoms. The van der Waals surface area contributed by atoms with Crippen molar-refractivity contribution in [2.75, 3.05) is 25.0 Å². The van der Waals surface area contributed by atoms with Gasteiger partial charge in [0.2, 0.25) is 5.91 Å². The number of rotatable bonds is 6. The molecule has 4 nitrogen and oxygen atoms in total. The minimum absolute atomic E-state index is 0.0200. The molecule has 0 saturated carbocycles. The van der Waals surface area contributed by atoms with Crippen molar-refractivity contribution >= 4 is 27.5 Å². The number of nitrogens with zero attached hydrogens (tertiary/aromatic N) is 1. The number of carbonyl (C=O) groups excluding carboxylic acids is 1. The average molecular weight is 356 g/mol. The number of benzene rings is 1. The number of hydrogen-bond acceptors (Lipinski definition) is 3. The second-order valence-corrected chi connectivity index (χ2v) is 6.98. The second kappa shape index (κ2) is 7.80. The highest BCUT2D eigenvalue weighted by atomic mass is 79.9. The van der Waals surface area contributed by atoms with Crippen molar-refractivity contribution in [1.29, 1.82) is 0 Å². The van der Waals surface area contributed by atoms with E-state index < -0.39 is 0 Å². The Morgan fingerprint density at radius 1 is 1.33 bits per heavy atom. The van der Waals surface area contributed by atoms with Crippen LogP contribution in [0.2, 0.25) is 0 Å². The Bertz CT molecular complexity index is 483. The van der Waals surface area contributed by atoms with Crippen LogP contribution in [-0.2, 0) is 11.3 Å². The molecule has 0 spiro atoms. The molecule has 0 aromatic heterocycles. The number of carbonyl (C=O) groups is 1. The van der Waals surface area contributed by atoms with Crippen LogP contribution in [0.5, 0.6) is 0 Å². The van der Waals surface area contributed by atoms with Crippen LogP contribution in [0.25, 0.3) is 0 Å². The fourth-order valence-corrected chi connectivity index (χ4v) is 2.31. The Hall–Kier alpha value is -1.07. The number of likely N-dealkylation sites (N-methyl/N-ethyl adjacent to an activating group) is 2. The molecule has 0 radical (unpaired) electrons. The lowest BCUT2D eigenvalue weighted by Gasteiger charge is -2.27. The molecule has 2 N–H and O–H groups in total. The Labute approximate surface area is 136 Å². The predicted octanol–water partition coefficient (Wildman–Crippen LogP) is 2.91. The molecule has 1 aromatic carbocycles. The smallest absolute Gasteiger partial charge is 0.239 e. The van der Waals surface area contributed by atoms with Gasteiger partial charge in [-0.05, 0) is 45.4 Å². The summed E-state index contributed by atoms with van der Waals surface area (Å²) in [7, 11) is 1.67. The number of halogens is 1. The molecule has 0 fully saturated rings. The van der Waals surface area contributed by atoms with Crippen molar-refractivity contribution in [2.45, 2.75) is 39.8 Å². The van der Waals surface area contributed by atoms with E-state index in [1.54, 1.807) is 7.05 Å². The molecule has 1 rings (SSSR count). The molecule has 1 aromatic rings. The van der Waals surface area contributed by atoms with E-state index >= 15 is 0 Å². The van der Waals surface area contributed by atoms with Crippen molar-refractivity contribution in [1.82, 2.24) is 10.6 Å². The van der Waals surface area contributed by atoms with Crippen LogP contribution in [-0.4, -0.2) is 31.6 Å². The molecule has 118 valence electrons. The van der Waals surface area contributed by atoms with Gasteiger partial charge in [0.05, 0.1) is 6.54 Å².